The predicted octanol–water partition coefficient (Wildman–Crippen LogP) is 0.586. The molecule has 0 radical (unpaired) electrons. The van der Waals surface area contributed by atoms with Crippen molar-refractivity contribution in [1.29, 1.82) is 0 Å². The van der Waals surface area contributed by atoms with E-state index in [0.29, 0.717) is 6.07 Å². The molecule has 0 atom stereocenters. The molecule has 0 fully saturated rings. The van der Waals surface area contributed by atoms with E-state index in [2.05, 4.69) is 0 Å². The van der Waals surface area contributed by atoms with Crippen LogP contribution in [-0.4, -0.2) is 32.5 Å². The van der Waals surface area contributed by atoms with Crippen LogP contribution in [0.2, 0.25) is 0 Å². The normalized spacial score (nSPS) is 9.80. The van der Waals surface area contributed by atoms with Crippen LogP contribution in [0.1, 0.15) is 0 Å². The molecule has 1 rings (SSSR count). The number of hydrogen-bond acceptors (Lipinski definition) is 7. The van der Waals surface area contributed by atoms with Crippen LogP contribution in [0.3, 0.4) is 0 Å². The zero-order valence-electron chi connectivity index (χ0n) is 9.53. The lowest BCUT2D eigenvalue weighted by Crippen LogP contribution is -2.35. The van der Waals surface area contributed by atoms with Crippen molar-refractivity contribution >= 4 is 23.0 Å². The monoisotopic (exact) mass is 286 g/mol. The highest BCUT2D eigenvalue weighted by atomic mass is 16.7. The molecule has 12 heteroatoms. The number of benzene rings is 1. The standard InChI is InChI=1S/C8H6N4O8/c13-8(14)4-9(12(19)20)6-2-1-5(10(15)16)3-7(6)11(17)18/h1-3H,4H2,(H,13,14). The van der Waals surface area contributed by atoms with Gasteiger partial charge in [0.2, 0.25) is 0 Å². The van der Waals surface area contributed by atoms with E-state index in [-0.39, 0.29) is 5.01 Å². The molecule has 12 nitrogen and oxygen atoms in total. The van der Waals surface area contributed by atoms with Crippen molar-refractivity contribution in [2.45, 2.75) is 0 Å². The highest BCUT2D eigenvalue weighted by Crippen LogP contribution is 2.31. The van der Waals surface area contributed by atoms with Gasteiger partial charge >= 0.3 is 11.7 Å². The molecule has 0 amide bonds. The van der Waals surface area contributed by atoms with Gasteiger partial charge in [-0.3, -0.25) is 25.0 Å². The summed E-state index contributed by atoms with van der Waals surface area (Å²) in [6.07, 6.45) is 0. The number of aliphatic carboxylic acids is 1. The molecule has 0 aliphatic rings. The molecule has 1 aromatic rings. The maximum Gasteiger partial charge on any atom is 0.329 e. The van der Waals surface area contributed by atoms with Crippen LogP contribution >= 0.6 is 0 Å². The molecule has 0 spiro atoms. The number of carboxylic acids is 1. The van der Waals surface area contributed by atoms with Gasteiger partial charge in [-0.05, 0) is 6.07 Å². The number of hydrazine groups is 1. The fourth-order valence-corrected chi connectivity index (χ4v) is 1.35. The average molecular weight is 286 g/mol. The molecular weight excluding hydrogens is 280 g/mol. The van der Waals surface area contributed by atoms with Crippen molar-refractivity contribution in [3.05, 3.63) is 48.5 Å². The minimum Gasteiger partial charge on any atom is -0.480 e. The molecule has 0 saturated heterocycles. The van der Waals surface area contributed by atoms with Gasteiger partial charge in [0.15, 0.2) is 17.3 Å². The Bertz CT molecular complexity index is 600. The molecule has 0 aliphatic heterocycles. The van der Waals surface area contributed by atoms with Crippen LogP contribution in [0.4, 0.5) is 17.1 Å². The number of nitrogens with zero attached hydrogens (tertiary/aromatic N) is 4. The lowest BCUT2D eigenvalue weighted by molar-refractivity contribution is -0.494. The number of non-ortho nitro benzene ring substituents is 1. The minimum atomic E-state index is -1.59. The molecule has 0 aromatic heterocycles. The third kappa shape index (κ3) is 3.12. The molecule has 1 aromatic carbocycles. The van der Waals surface area contributed by atoms with E-state index in [1.807, 2.05) is 0 Å². The third-order valence-corrected chi connectivity index (χ3v) is 2.13. The summed E-state index contributed by atoms with van der Waals surface area (Å²) in [7, 11) is 0. The van der Waals surface area contributed by atoms with Crippen LogP contribution in [0, 0.1) is 30.3 Å². The van der Waals surface area contributed by atoms with E-state index in [4.69, 9.17) is 5.11 Å². The van der Waals surface area contributed by atoms with Gasteiger partial charge in [0.1, 0.15) is 0 Å². The molecular formula is C8H6N4O8. The van der Waals surface area contributed by atoms with Crippen LogP contribution in [0.15, 0.2) is 18.2 Å². The molecule has 0 unspecified atom stereocenters. The third-order valence-electron chi connectivity index (χ3n) is 2.13. The van der Waals surface area contributed by atoms with E-state index < -0.39 is 44.5 Å². The number of hydrogen-bond donors (Lipinski definition) is 1. The van der Waals surface area contributed by atoms with Crippen molar-refractivity contribution in [1.82, 2.24) is 0 Å². The number of carboxylic acid groups (broad SMARTS) is 1. The fraction of sp³-hybridized carbons (Fsp3) is 0.125. The van der Waals surface area contributed by atoms with Gasteiger partial charge in [-0.15, -0.1) is 0 Å². The topological polar surface area (TPSA) is 170 Å². The van der Waals surface area contributed by atoms with Gasteiger partial charge in [-0.25, -0.2) is 10.1 Å². The SMILES string of the molecule is O=C(O)CN(c1ccc([N+](=O)[O-])cc1[N+](=O)[O-])[N+](=O)[O-]. The molecule has 0 bridgehead atoms. The number of carbonyl (C=O) groups is 1. The maximum atomic E-state index is 10.8. The minimum absolute atomic E-state index is 0.0180. The van der Waals surface area contributed by atoms with Crippen LogP contribution < -0.4 is 5.01 Å². The largest absolute Gasteiger partial charge is 0.480 e. The Morgan fingerprint density at radius 2 is 1.75 bits per heavy atom. The number of rotatable bonds is 6. The van der Waals surface area contributed by atoms with Crippen LogP contribution in [-0.2, 0) is 4.79 Å². The Labute approximate surface area is 109 Å². The molecule has 20 heavy (non-hydrogen) atoms. The molecule has 0 heterocycles. The van der Waals surface area contributed by atoms with Crippen molar-refractivity contribution < 1.29 is 24.8 Å². The Balaban J connectivity index is 3.41. The second kappa shape index (κ2) is 5.55. The molecule has 0 saturated carbocycles. The van der Waals surface area contributed by atoms with Gasteiger partial charge in [0.25, 0.3) is 5.69 Å². The summed E-state index contributed by atoms with van der Waals surface area (Å²) in [5.41, 5.74) is -2.23. The summed E-state index contributed by atoms with van der Waals surface area (Å²) in [5, 5.41) is 39.5. The van der Waals surface area contributed by atoms with Crippen LogP contribution in [0.25, 0.3) is 0 Å². The number of anilines is 1. The predicted molar refractivity (Wildman–Crippen MR) is 61.7 cm³/mol. The fourth-order valence-electron chi connectivity index (χ4n) is 1.35. The van der Waals surface area contributed by atoms with Crippen molar-refractivity contribution in [3.8, 4) is 0 Å². The lowest BCUT2D eigenvalue weighted by Gasteiger charge is -2.11. The smallest absolute Gasteiger partial charge is 0.329 e. The van der Waals surface area contributed by atoms with Gasteiger partial charge in [0.05, 0.1) is 15.9 Å². The summed E-state index contributed by atoms with van der Waals surface area (Å²) in [4.78, 5) is 40.6. The van der Waals surface area contributed by atoms with Crippen LogP contribution in [0.5, 0.6) is 0 Å². The first-order chi connectivity index (χ1) is 9.23. The lowest BCUT2D eigenvalue weighted by atomic mass is 10.2. The second-order valence-electron chi connectivity index (χ2n) is 3.38. The first-order valence-corrected chi connectivity index (χ1v) is 4.80. The second-order valence-corrected chi connectivity index (χ2v) is 3.38. The molecule has 106 valence electrons. The number of nitro benzene ring substituents is 2. The van der Waals surface area contributed by atoms with E-state index in [1.54, 1.807) is 0 Å². The molecule has 1 N–H and O–H groups in total. The van der Waals surface area contributed by atoms with Gasteiger partial charge < -0.3 is 5.11 Å². The van der Waals surface area contributed by atoms with Crippen molar-refractivity contribution in [2.24, 2.45) is 0 Å². The van der Waals surface area contributed by atoms with Gasteiger partial charge in [-0.2, -0.15) is 0 Å². The summed E-state index contributed by atoms with van der Waals surface area (Å²) in [6, 6.07) is 2.08. The quantitative estimate of drug-likeness (QED) is 0.580. The Kier molecular flexibility index (Phi) is 4.10. The Morgan fingerprint density at radius 3 is 2.15 bits per heavy atom. The average Bonchev–Trinajstić information content (AvgIpc) is 2.34. The first kappa shape index (κ1) is 14.7. The van der Waals surface area contributed by atoms with E-state index in [0.717, 1.165) is 12.1 Å². The molecule has 0 aliphatic carbocycles. The summed E-state index contributed by atoms with van der Waals surface area (Å²) in [6.45, 7) is -1.13. The van der Waals surface area contributed by atoms with E-state index in [9.17, 15) is 35.1 Å². The zero-order valence-corrected chi connectivity index (χ0v) is 9.53. The highest BCUT2D eigenvalue weighted by molar-refractivity contribution is 5.75. The van der Waals surface area contributed by atoms with Crippen molar-refractivity contribution in [3.63, 3.8) is 0 Å². The van der Waals surface area contributed by atoms with Crippen molar-refractivity contribution in [2.75, 3.05) is 11.6 Å². The maximum absolute atomic E-state index is 10.8. The first-order valence-electron chi connectivity index (χ1n) is 4.80. The van der Waals surface area contributed by atoms with Gasteiger partial charge in [-0.1, -0.05) is 5.01 Å². The van der Waals surface area contributed by atoms with E-state index in [1.165, 1.54) is 0 Å². The van der Waals surface area contributed by atoms with Gasteiger partial charge in [0, 0.05) is 6.07 Å². The summed E-state index contributed by atoms with van der Waals surface area (Å²) in [5.74, 6) is -1.59. The Hall–Kier alpha value is -3.31. The number of nitro groups is 3. The zero-order chi connectivity index (χ0) is 15.4. The Morgan fingerprint density at radius 1 is 1.15 bits per heavy atom. The summed E-state index contributed by atoms with van der Waals surface area (Å²) < 4.78 is 0. The summed E-state index contributed by atoms with van der Waals surface area (Å²) >= 11 is 0. The van der Waals surface area contributed by atoms with E-state index >= 15 is 0 Å². The highest BCUT2D eigenvalue weighted by Gasteiger charge is 2.31.